The molecule has 0 saturated heterocycles. The van der Waals surface area contributed by atoms with E-state index in [4.69, 9.17) is 11.6 Å². The summed E-state index contributed by atoms with van der Waals surface area (Å²) in [6.07, 6.45) is 1.66. The molecule has 1 aromatic heterocycles. The van der Waals surface area contributed by atoms with Gasteiger partial charge in [0.2, 0.25) is 0 Å². The van der Waals surface area contributed by atoms with E-state index in [-0.39, 0.29) is 11.3 Å². The summed E-state index contributed by atoms with van der Waals surface area (Å²) in [5, 5.41) is 10.3. The predicted octanol–water partition coefficient (Wildman–Crippen LogP) is 5.00. The van der Waals surface area contributed by atoms with Gasteiger partial charge in [0.25, 0.3) is 11.8 Å². The molecule has 2 N–H and O–H groups in total. The lowest BCUT2D eigenvalue weighted by atomic mass is 10.1. The molecule has 33 heavy (non-hydrogen) atoms. The van der Waals surface area contributed by atoms with Gasteiger partial charge in [-0.1, -0.05) is 54.1 Å². The van der Waals surface area contributed by atoms with Crippen molar-refractivity contribution in [3.63, 3.8) is 0 Å². The first-order valence-corrected chi connectivity index (χ1v) is 10.5. The lowest BCUT2D eigenvalue weighted by Gasteiger charge is -2.08. The van der Waals surface area contributed by atoms with E-state index in [1.54, 1.807) is 35.1 Å². The molecule has 1 heterocycles. The molecule has 0 saturated carbocycles. The largest absolute Gasteiger partial charge is 0.355 e. The second-order valence-corrected chi connectivity index (χ2v) is 7.75. The zero-order valence-corrected chi connectivity index (χ0v) is 18.4. The number of nitrogens with one attached hydrogen (secondary N) is 2. The number of aromatic nitrogens is 2. The van der Waals surface area contributed by atoms with E-state index in [1.807, 2.05) is 30.3 Å². The van der Waals surface area contributed by atoms with Gasteiger partial charge in [0.05, 0.1) is 17.7 Å². The van der Waals surface area contributed by atoms with Gasteiger partial charge >= 0.3 is 0 Å². The standard InChI is InChI=1S/C25H20ClFN4O2/c1-28-24(32)20-13-19(11-12-22(20)27)29-25(33)21-15-31(14-16-5-3-2-4-6-16)30-23(21)17-7-9-18(26)10-8-17/h2-13,15H,14H2,1H3,(H,28,32)(H,29,33). The van der Waals surface area contributed by atoms with Gasteiger partial charge in [-0.3, -0.25) is 14.3 Å². The molecule has 4 aromatic rings. The second-order valence-electron chi connectivity index (χ2n) is 7.31. The maximum Gasteiger partial charge on any atom is 0.259 e. The molecular weight excluding hydrogens is 443 g/mol. The summed E-state index contributed by atoms with van der Waals surface area (Å²) in [6.45, 7) is 0.478. The molecule has 0 radical (unpaired) electrons. The van der Waals surface area contributed by atoms with Crippen LogP contribution in [0.5, 0.6) is 0 Å². The van der Waals surface area contributed by atoms with Crippen LogP contribution < -0.4 is 10.6 Å². The number of amides is 2. The van der Waals surface area contributed by atoms with E-state index >= 15 is 0 Å². The molecule has 166 valence electrons. The smallest absolute Gasteiger partial charge is 0.259 e. The fraction of sp³-hybridized carbons (Fsp3) is 0.0800. The molecular formula is C25H20ClFN4O2. The molecule has 0 bridgehead atoms. The second kappa shape index (κ2) is 9.67. The number of rotatable bonds is 6. The maximum atomic E-state index is 14.0. The Morgan fingerprint density at radius 2 is 1.70 bits per heavy atom. The SMILES string of the molecule is CNC(=O)c1cc(NC(=O)c2cn(Cc3ccccc3)nc2-c2ccc(Cl)cc2)ccc1F. The van der Waals surface area contributed by atoms with Crippen LogP contribution in [0.4, 0.5) is 10.1 Å². The predicted molar refractivity (Wildman–Crippen MR) is 126 cm³/mol. The summed E-state index contributed by atoms with van der Waals surface area (Å²) in [4.78, 5) is 25.1. The fourth-order valence-electron chi connectivity index (χ4n) is 3.37. The summed E-state index contributed by atoms with van der Waals surface area (Å²) < 4.78 is 15.7. The van der Waals surface area contributed by atoms with Crippen molar-refractivity contribution < 1.29 is 14.0 Å². The Bertz CT molecular complexity index is 1300. The van der Waals surface area contributed by atoms with Crippen LogP contribution in [0.1, 0.15) is 26.3 Å². The van der Waals surface area contributed by atoms with E-state index < -0.39 is 17.6 Å². The van der Waals surface area contributed by atoms with Gasteiger partial charge in [0.1, 0.15) is 11.5 Å². The van der Waals surface area contributed by atoms with Gasteiger partial charge in [0.15, 0.2) is 0 Å². The van der Waals surface area contributed by atoms with Crippen LogP contribution in [0.3, 0.4) is 0 Å². The minimum atomic E-state index is -0.676. The summed E-state index contributed by atoms with van der Waals surface area (Å²) in [6, 6.07) is 20.6. The highest BCUT2D eigenvalue weighted by Gasteiger charge is 2.20. The van der Waals surface area contributed by atoms with Crippen molar-refractivity contribution >= 4 is 29.1 Å². The lowest BCUT2D eigenvalue weighted by Crippen LogP contribution is -2.20. The Morgan fingerprint density at radius 3 is 2.39 bits per heavy atom. The van der Waals surface area contributed by atoms with Crippen molar-refractivity contribution in [3.05, 3.63) is 107 Å². The lowest BCUT2D eigenvalue weighted by molar-refractivity contribution is 0.0957. The Hall–Kier alpha value is -3.97. The van der Waals surface area contributed by atoms with Crippen LogP contribution in [0, 0.1) is 5.82 Å². The normalized spacial score (nSPS) is 10.6. The third-order valence-corrected chi connectivity index (χ3v) is 5.26. The van der Waals surface area contributed by atoms with Crippen LogP contribution in [0.15, 0.2) is 79.0 Å². The monoisotopic (exact) mass is 462 g/mol. The summed E-state index contributed by atoms with van der Waals surface area (Å²) in [5.74, 6) is -1.69. The van der Waals surface area contributed by atoms with Crippen molar-refractivity contribution in [2.75, 3.05) is 12.4 Å². The van der Waals surface area contributed by atoms with Crippen molar-refractivity contribution in [3.8, 4) is 11.3 Å². The van der Waals surface area contributed by atoms with E-state index in [2.05, 4.69) is 15.7 Å². The molecule has 2 amide bonds. The van der Waals surface area contributed by atoms with Crippen molar-refractivity contribution in [1.29, 1.82) is 0 Å². The first kappa shape index (κ1) is 22.2. The summed E-state index contributed by atoms with van der Waals surface area (Å²) in [5.41, 5.74) is 2.70. The first-order valence-electron chi connectivity index (χ1n) is 10.1. The third kappa shape index (κ3) is 5.10. The molecule has 0 aliphatic heterocycles. The van der Waals surface area contributed by atoms with Gasteiger partial charge in [0, 0.05) is 29.5 Å². The average Bonchev–Trinajstić information content (AvgIpc) is 3.24. The number of carbonyl (C=O) groups is 2. The van der Waals surface area contributed by atoms with Crippen LogP contribution in [-0.4, -0.2) is 28.6 Å². The molecule has 0 spiro atoms. The topological polar surface area (TPSA) is 76.0 Å². The highest BCUT2D eigenvalue weighted by molar-refractivity contribution is 6.30. The van der Waals surface area contributed by atoms with Crippen molar-refractivity contribution in [2.45, 2.75) is 6.54 Å². The summed E-state index contributed by atoms with van der Waals surface area (Å²) in [7, 11) is 1.41. The van der Waals surface area contributed by atoms with E-state index in [9.17, 15) is 14.0 Å². The number of hydrogen-bond acceptors (Lipinski definition) is 3. The minimum absolute atomic E-state index is 0.159. The minimum Gasteiger partial charge on any atom is -0.355 e. The third-order valence-electron chi connectivity index (χ3n) is 5.01. The molecule has 0 fully saturated rings. The van der Waals surface area contributed by atoms with Crippen molar-refractivity contribution in [1.82, 2.24) is 15.1 Å². The zero-order chi connectivity index (χ0) is 23.4. The first-order chi connectivity index (χ1) is 15.9. The zero-order valence-electron chi connectivity index (χ0n) is 17.7. The molecule has 4 rings (SSSR count). The van der Waals surface area contributed by atoms with E-state index in [0.717, 1.165) is 17.2 Å². The van der Waals surface area contributed by atoms with Crippen molar-refractivity contribution in [2.24, 2.45) is 0 Å². The Balaban J connectivity index is 1.68. The van der Waals surface area contributed by atoms with E-state index in [1.165, 1.54) is 19.2 Å². The molecule has 0 atom stereocenters. The van der Waals surface area contributed by atoms with Crippen LogP contribution in [0.2, 0.25) is 5.02 Å². The van der Waals surface area contributed by atoms with Gasteiger partial charge in [-0.05, 0) is 35.9 Å². The van der Waals surface area contributed by atoms with Gasteiger partial charge < -0.3 is 10.6 Å². The quantitative estimate of drug-likeness (QED) is 0.423. The van der Waals surface area contributed by atoms with Gasteiger partial charge in [-0.15, -0.1) is 0 Å². The van der Waals surface area contributed by atoms with Crippen LogP contribution >= 0.6 is 11.6 Å². The van der Waals surface area contributed by atoms with E-state index in [0.29, 0.717) is 22.8 Å². The Labute approximate surface area is 195 Å². The van der Waals surface area contributed by atoms with Gasteiger partial charge in [-0.2, -0.15) is 5.10 Å². The van der Waals surface area contributed by atoms with Crippen LogP contribution in [0.25, 0.3) is 11.3 Å². The highest BCUT2D eigenvalue weighted by atomic mass is 35.5. The van der Waals surface area contributed by atoms with Crippen LogP contribution in [-0.2, 0) is 6.54 Å². The highest BCUT2D eigenvalue weighted by Crippen LogP contribution is 2.26. The molecule has 6 nitrogen and oxygen atoms in total. The molecule has 0 unspecified atom stereocenters. The number of halogens is 2. The van der Waals surface area contributed by atoms with Gasteiger partial charge in [-0.25, -0.2) is 4.39 Å². The maximum absolute atomic E-state index is 14.0. The fourth-order valence-corrected chi connectivity index (χ4v) is 3.50. The number of benzene rings is 3. The summed E-state index contributed by atoms with van der Waals surface area (Å²) >= 11 is 6.02. The Morgan fingerprint density at radius 1 is 0.970 bits per heavy atom. The Kier molecular flexibility index (Phi) is 6.51. The number of carbonyl (C=O) groups excluding carboxylic acids is 2. The number of anilines is 1. The molecule has 8 heteroatoms. The number of nitrogens with zero attached hydrogens (tertiary/aromatic N) is 2. The average molecular weight is 463 g/mol. The molecule has 3 aromatic carbocycles. The number of hydrogen-bond donors (Lipinski definition) is 2. The molecule has 0 aliphatic rings. The molecule has 0 aliphatic carbocycles.